The molecule has 78 valence electrons. The fourth-order valence-electron chi connectivity index (χ4n) is 0.568. The molecule has 0 bridgehead atoms. The van der Waals surface area contributed by atoms with Crippen LogP contribution >= 0.6 is 0 Å². The van der Waals surface area contributed by atoms with Gasteiger partial charge in [0.05, 0.1) is 0 Å². The lowest BCUT2D eigenvalue weighted by Gasteiger charge is -1.84. The minimum Gasteiger partial charge on any atom is -0.475 e. The van der Waals surface area contributed by atoms with Crippen molar-refractivity contribution < 1.29 is 24.2 Å². The summed E-state index contributed by atoms with van der Waals surface area (Å²) < 4.78 is 4.41. The van der Waals surface area contributed by atoms with E-state index in [9.17, 15) is 9.59 Å². The summed E-state index contributed by atoms with van der Waals surface area (Å²) in [7, 11) is 0. The Morgan fingerprint density at radius 3 is 1.40 bits per heavy atom. The molecular weight excluding hydrogens is 204 g/mol. The average Bonchev–Trinajstić information content (AvgIpc) is 2.73. The lowest BCUT2D eigenvalue weighted by molar-refractivity contribution is 0.0631. The van der Waals surface area contributed by atoms with Crippen LogP contribution in [0.15, 0.2) is 16.5 Å². The van der Waals surface area contributed by atoms with Crippen molar-refractivity contribution in [2.75, 3.05) is 0 Å². The van der Waals surface area contributed by atoms with Crippen molar-refractivity contribution in [1.82, 2.24) is 0 Å². The molecule has 7 nitrogen and oxygen atoms in total. The Labute approximate surface area is 84.4 Å². The molecule has 1 aromatic rings. The van der Waals surface area contributed by atoms with Crippen molar-refractivity contribution >= 4 is 11.9 Å². The lowest BCUT2D eigenvalue weighted by atomic mass is 10.4. The molecular formula is C8H6N2O5. The lowest BCUT2D eigenvalue weighted by Crippen LogP contribution is -1.94. The molecule has 0 radical (unpaired) electrons. The zero-order valence-electron chi connectivity index (χ0n) is 7.32. The van der Waals surface area contributed by atoms with Crippen molar-refractivity contribution in [3.05, 3.63) is 23.7 Å². The van der Waals surface area contributed by atoms with Crippen molar-refractivity contribution in [3.8, 4) is 13.1 Å². The average molecular weight is 210 g/mol. The first kappa shape index (κ1) is 14.7. The fourth-order valence-corrected chi connectivity index (χ4v) is 0.568. The second-order valence-electron chi connectivity index (χ2n) is 1.77. The van der Waals surface area contributed by atoms with Crippen molar-refractivity contribution in [1.29, 1.82) is 10.5 Å². The number of rotatable bonds is 2. The Hall–Kier alpha value is -2.80. The van der Waals surface area contributed by atoms with Gasteiger partial charge in [0.1, 0.15) is 0 Å². The normalized spacial score (nSPS) is 7.20. The van der Waals surface area contributed by atoms with Crippen LogP contribution in [0, 0.1) is 23.7 Å². The molecule has 0 saturated carbocycles. The summed E-state index contributed by atoms with van der Waals surface area (Å²) in [6, 6.07) is 2.18. The topological polar surface area (TPSA) is 135 Å². The third-order valence-corrected chi connectivity index (χ3v) is 1.03. The van der Waals surface area contributed by atoms with E-state index in [1.165, 1.54) is 0 Å². The first-order valence-corrected chi connectivity index (χ1v) is 3.19. The molecule has 2 N–H and O–H groups in total. The smallest absolute Gasteiger partial charge is 0.371 e. The summed E-state index contributed by atoms with van der Waals surface area (Å²) in [5.74, 6) is -3.31. The quantitative estimate of drug-likeness (QED) is 0.741. The van der Waals surface area contributed by atoms with Crippen LogP contribution in [-0.4, -0.2) is 22.2 Å². The maximum Gasteiger partial charge on any atom is 0.371 e. The van der Waals surface area contributed by atoms with Crippen LogP contribution in [0.4, 0.5) is 0 Å². The van der Waals surface area contributed by atoms with Crippen molar-refractivity contribution in [2.45, 2.75) is 0 Å². The van der Waals surface area contributed by atoms with Crippen LogP contribution < -0.4 is 0 Å². The van der Waals surface area contributed by atoms with E-state index >= 15 is 0 Å². The van der Waals surface area contributed by atoms with E-state index in [1.54, 1.807) is 0 Å². The highest BCUT2D eigenvalue weighted by Gasteiger charge is 2.12. The van der Waals surface area contributed by atoms with Crippen LogP contribution in [0.3, 0.4) is 0 Å². The van der Waals surface area contributed by atoms with Gasteiger partial charge in [0.15, 0.2) is 0 Å². The Bertz CT molecular complexity index is 342. The molecule has 0 saturated heterocycles. The van der Waals surface area contributed by atoms with E-state index in [1.807, 2.05) is 0 Å². The Kier molecular flexibility index (Phi) is 7.68. The Balaban J connectivity index is 0. The first-order valence-electron chi connectivity index (χ1n) is 3.19. The molecule has 0 spiro atoms. The van der Waals surface area contributed by atoms with Gasteiger partial charge in [-0.1, -0.05) is 0 Å². The Morgan fingerprint density at radius 2 is 1.27 bits per heavy atom. The third kappa shape index (κ3) is 4.70. The zero-order valence-corrected chi connectivity index (χ0v) is 7.32. The number of carbonyl (C=O) groups is 2. The molecule has 0 aliphatic carbocycles. The van der Waals surface area contributed by atoms with Gasteiger partial charge >= 0.3 is 11.9 Å². The molecule has 0 amide bonds. The highest BCUT2D eigenvalue weighted by molar-refractivity contribution is 5.88. The number of carboxylic acid groups (broad SMARTS) is 2. The molecule has 0 aliphatic rings. The number of hydrogen-bond donors (Lipinski definition) is 2. The number of nitrogens with zero attached hydrogens (tertiary/aromatic N) is 2. The zero-order chi connectivity index (χ0) is 12.4. The molecule has 1 heterocycles. The summed E-state index contributed by atoms with van der Waals surface area (Å²) in [6.07, 6.45) is 0. The number of nitriles is 2. The summed E-state index contributed by atoms with van der Waals surface area (Å²) in [5, 5.41) is 29.6. The summed E-state index contributed by atoms with van der Waals surface area (Å²) >= 11 is 0. The van der Waals surface area contributed by atoms with E-state index < -0.39 is 11.9 Å². The van der Waals surface area contributed by atoms with Gasteiger partial charge < -0.3 is 14.6 Å². The maximum absolute atomic E-state index is 10.2. The van der Waals surface area contributed by atoms with Crippen LogP contribution in [0.2, 0.25) is 0 Å². The minimum absolute atomic E-state index is 0.373. The van der Waals surface area contributed by atoms with E-state index in [0.29, 0.717) is 0 Å². The van der Waals surface area contributed by atoms with Gasteiger partial charge in [-0.15, -0.1) is 0 Å². The van der Waals surface area contributed by atoms with Gasteiger partial charge in [-0.05, 0) is 12.1 Å². The largest absolute Gasteiger partial charge is 0.475 e. The third-order valence-electron chi connectivity index (χ3n) is 1.03. The fraction of sp³-hybridized carbons (Fsp3) is 0. The highest BCUT2D eigenvalue weighted by Crippen LogP contribution is 2.06. The van der Waals surface area contributed by atoms with E-state index in [2.05, 4.69) is 17.6 Å². The van der Waals surface area contributed by atoms with Crippen molar-refractivity contribution in [2.24, 2.45) is 0 Å². The molecule has 7 heteroatoms. The second-order valence-corrected chi connectivity index (χ2v) is 1.77. The van der Waals surface area contributed by atoms with Crippen LogP contribution in [-0.2, 0) is 0 Å². The van der Waals surface area contributed by atoms with E-state index in [4.69, 9.17) is 20.7 Å². The number of furan rings is 1. The summed E-state index contributed by atoms with van der Waals surface area (Å²) in [4.78, 5) is 20.3. The van der Waals surface area contributed by atoms with Crippen LogP contribution in [0.25, 0.3) is 0 Å². The van der Waals surface area contributed by atoms with E-state index in [-0.39, 0.29) is 11.5 Å². The first-order chi connectivity index (χ1) is 7.11. The summed E-state index contributed by atoms with van der Waals surface area (Å²) in [5.41, 5.74) is 0. The van der Waals surface area contributed by atoms with Gasteiger partial charge in [-0.3, -0.25) is 0 Å². The summed E-state index contributed by atoms with van der Waals surface area (Å²) in [6.45, 7) is 7.00. The predicted octanol–water partition coefficient (Wildman–Crippen LogP) is 0.956. The van der Waals surface area contributed by atoms with Gasteiger partial charge in [-0.2, -0.15) is 0 Å². The molecule has 0 aromatic carbocycles. The van der Waals surface area contributed by atoms with Gasteiger partial charge in [0.2, 0.25) is 11.5 Å². The van der Waals surface area contributed by atoms with Gasteiger partial charge in [0, 0.05) is 13.1 Å². The standard InChI is InChI=1S/C6H4O5.2CHN/c7-5(8)3-1-2-4(11-3)6(9)10;2*1-2/h1-2H,(H,7,8)(H,9,10);2*1H. The monoisotopic (exact) mass is 210 g/mol. The molecule has 0 atom stereocenters. The Morgan fingerprint density at radius 1 is 1.00 bits per heavy atom. The predicted molar refractivity (Wildman–Crippen MR) is 46.0 cm³/mol. The molecule has 0 aliphatic heterocycles. The molecule has 15 heavy (non-hydrogen) atoms. The molecule has 1 aromatic heterocycles. The second kappa shape index (κ2) is 7.83. The number of carboxylic acids is 2. The number of aromatic carboxylic acids is 2. The van der Waals surface area contributed by atoms with Crippen molar-refractivity contribution in [3.63, 3.8) is 0 Å². The number of hydrogen-bond acceptors (Lipinski definition) is 5. The molecule has 0 fully saturated rings. The molecule has 0 unspecified atom stereocenters. The highest BCUT2D eigenvalue weighted by atomic mass is 16.4. The molecule has 1 rings (SSSR count). The van der Waals surface area contributed by atoms with Crippen LogP contribution in [0.1, 0.15) is 21.1 Å². The van der Waals surface area contributed by atoms with E-state index in [0.717, 1.165) is 12.1 Å². The van der Waals surface area contributed by atoms with Gasteiger partial charge in [-0.25, -0.2) is 20.1 Å². The maximum atomic E-state index is 10.2. The SMILES string of the molecule is C#N.C#N.O=C(O)c1ccc(C(=O)O)o1. The minimum atomic E-state index is -1.28. The van der Waals surface area contributed by atoms with Gasteiger partial charge in [0.25, 0.3) is 0 Å². The van der Waals surface area contributed by atoms with Crippen LogP contribution in [0.5, 0.6) is 0 Å².